The molecule has 16 heavy (non-hydrogen) atoms. The molecule has 0 aliphatic carbocycles. The molecule has 1 aromatic rings. The van der Waals surface area contributed by atoms with Crippen molar-refractivity contribution in [1.29, 1.82) is 0 Å². The Labute approximate surface area is 99.0 Å². The average molecular weight is 221 g/mol. The third-order valence-electron chi connectivity index (χ3n) is 2.70. The van der Waals surface area contributed by atoms with Gasteiger partial charge in [-0.1, -0.05) is 39.0 Å². The van der Waals surface area contributed by atoms with E-state index in [0.29, 0.717) is 12.0 Å². The van der Waals surface area contributed by atoms with Gasteiger partial charge in [0.05, 0.1) is 7.11 Å². The molecule has 0 aliphatic rings. The second-order valence-electron chi connectivity index (χ2n) is 4.50. The molecule has 1 rings (SSSR count). The normalized spacial score (nSPS) is 12.8. The Kier molecular flexibility index (Phi) is 5.33. The van der Waals surface area contributed by atoms with Crippen LogP contribution in [0.25, 0.3) is 0 Å². The lowest BCUT2D eigenvalue weighted by Gasteiger charge is -2.21. The molecule has 0 saturated heterocycles. The van der Waals surface area contributed by atoms with Crippen molar-refractivity contribution in [2.45, 2.75) is 33.2 Å². The monoisotopic (exact) mass is 221 g/mol. The van der Waals surface area contributed by atoms with Gasteiger partial charge in [0.15, 0.2) is 0 Å². The molecular weight excluding hydrogens is 198 g/mol. The maximum Gasteiger partial charge on any atom is 0.123 e. The van der Waals surface area contributed by atoms with E-state index >= 15 is 0 Å². The van der Waals surface area contributed by atoms with Crippen LogP contribution in [0.5, 0.6) is 5.75 Å². The quantitative estimate of drug-likeness (QED) is 0.795. The van der Waals surface area contributed by atoms with Gasteiger partial charge < -0.3 is 10.1 Å². The van der Waals surface area contributed by atoms with Gasteiger partial charge in [0, 0.05) is 11.6 Å². The summed E-state index contributed by atoms with van der Waals surface area (Å²) in [5.74, 6) is 1.65. The van der Waals surface area contributed by atoms with Crippen molar-refractivity contribution < 1.29 is 4.74 Å². The third kappa shape index (κ3) is 3.53. The number of para-hydroxylation sites is 1. The molecule has 0 radical (unpaired) electrons. The van der Waals surface area contributed by atoms with E-state index in [2.05, 4.69) is 38.2 Å². The zero-order valence-corrected chi connectivity index (χ0v) is 10.8. The molecule has 1 aromatic carbocycles. The zero-order chi connectivity index (χ0) is 12.0. The highest BCUT2D eigenvalue weighted by molar-refractivity contribution is 5.35. The summed E-state index contributed by atoms with van der Waals surface area (Å²) in [6.45, 7) is 7.69. The van der Waals surface area contributed by atoms with Gasteiger partial charge in [-0.05, 0) is 24.9 Å². The van der Waals surface area contributed by atoms with Gasteiger partial charge in [-0.2, -0.15) is 0 Å². The molecule has 2 heteroatoms. The summed E-state index contributed by atoms with van der Waals surface area (Å²) < 4.78 is 5.39. The van der Waals surface area contributed by atoms with Gasteiger partial charge in [0.1, 0.15) is 5.75 Å². The fraction of sp³-hybridized carbons (Fsp3) is 0.571. The molecule has 1 unspecified atom stereocenters. The van der Waals surface area contributed by atoms with Crippen LogP contribution in [0.15, 0.2) is 24.3 Å². The molecule has 0 aliphatic heterocycles. The highest BCUT2D eigenvalue weighted by atomic mass is 16.5. The van der Waals surface area contributed by atoms with E-state index in [1.165, 1.54) is 5.56 Å². The standard InChI is InChI=1S/C14H23NO/c1-5-13(15-10-11(2)3)12-8-6-7-9-14(12)16-4/h6-9,11,13,15H,5,10H2,1-4H3. The van der Waals surface area contributed by atoms with Crippen LogP contribution < -0.4 is 10.1 Å². The van der Waals surface area contributed by atoms with Crippen molar-refractivity contribution in [2.75, 3.05) is 13.7 Å². The van der Waals surface area contributed by atoms with E-state index in [9.17, 15) is 0 Å². The Morgan fingerprint density at radius 1 is 1.25 bits per heavy atom. The SMILES string of the molecule is CCC(NCC(C)C)c1ccccc1OC. The maximum atomic E-state index is 5.39. The lowest BCUT2D eigenvalue weighted by atomic mass is 10.0. The van der Waals surface area contributed by atoms with Crippen LogP contribution in [0.2, 0.25) is 0 Å². The molecule has 0 saturated carbocycles. The van der Waals surface area contributed by atoms with E-state index in [1.807, 2.05) is 12.1 Å². The highest BCUT2D eigenvalue weighted by Crippen LogP contribution is 2.26. The summed E-state index contributed by atoms with van der Waals surface area (Å²) in [5, 5.41) is 3.58. The first kappa shape index (κ1) is 13.0. The lowest BCUT2D eigenvalue weighted by molar-refractivity contribution is 0.392. The highest BCUT2D eigenvalue weighted by Gasteiger charge is 2.13. The largest absolute Gasteiger partial charge is 0.496 e. The molecule has 0 bridgehead atoms. The first-order chi connectivity index (χ1) is 7.69. The second kappa shape index (κ2) is 6.54. The van der Waals surface area contributed by atoms with E-state index in [1.54, 1.807) is 7.11 Å². The van der Waals surface area contributed by atoms with Crippen LogP contribution in [-0.2, 0) is 0 Å². The average Bonchev–Trinajstić information content (AvgIpc) is 2.30. The topological polar surface area (TPSA) is 21.3 Å². The van der Waals surface area contributed by atoms with Crippen LogP contribution >= 0.6 is 0 Å². The third-order valence-corrected chi connectivity index (χ3v) is 2.70. The predicted molar refractivity (Wildman–Crippen MR) is 68.9 cm³/mol. The molecule has 0 heterocycles. The van der Waals surface area contributed by atoms with Crippen molar-refractivity contribution in [3.63, 3.8) is 0 Å². The molecular formula is C14H23NO. The predicted octanol–water partition coefficient (Wildman–Crippen LogP) is 3.39. The summed E-state index contributed by atoms with van der Waals surface area (Å²) >= 11 is 0. The Balaban J connectivity index is 2.77. The minimum absolute atomic E-state index is 0.388. The first-order valence-electron chi connectivity index (χ1n) is 6.05. The van der Waals surface area contributed by atoms with Crippen molar-refractivity contribution in [2.24, 2.45) is 5.92 Å². The molecule has 1 atom stereocenters. The van der Waals surface area contributed by atoms with Gasteiger partial charge >= 0.3 is 0 Å². The number of methoxy groups -OCH3 is 1. The Bertz CT molecular complexity index is 309. The van der Waals surface area contributed by atoms with Crippen LogP contribution in [0.3, 0.4) is 0 Å². The lowest BCUT2D eigenvalue weighted by Crippen LogP contribution is -2.25. The smallest absolute Gasteiger partial charge is 0.123 e. The molecule has 2 nitrogen and oxygen atoms in total. The number of hydrogen-bond acceptors (Lipinski definition) is 2. The van der Waals surface area contributed by atoms with E-state index < -0.39 is 0 Å². The molecule has 90 valence electrons. The van der Waals surface area contributed by atoms with E-state index in [-0.39, 0.29) is 0 Å². The zero-order valence-electron chi connectivity index (χ0n) is 10.8. The van der Waals surface area contributed by atoms with Crippen molar-refractivity contribution in [1.82, 2.24) is 5.32 Å². The van der Waals surface area contributed by atoms with Crippen molar-refractivity contribution in [3.05, 3.63) is 29.8 Å². The van der Waals surface area contributed by atoms with Crippen LogP contribution in [0.4, 0.5) is 0 Å². The fourth-order valence-electron chi connectivity index (χ4n) is 1.81. The van der Waals surface area contributed by atoms with E-state index in [4.69, 9.17) is 4.74 Å². The summed E-state index contributed by atoms with van der Waals surface area (Å²) in [7, 11) is 1.73. The van der Waals surface area contributed by atoms with Crippen molar-refractivity contribution in [3.8, 4) is 5.75 Å². The molecule has 0 fully saturated rings. The molecule has 0 amide bonds. The van der Waals surface area contributed by atoms with E-state index in [0.717, 1.165) is 18.7 Å². The van der Waals surface area contributed by atoms with Gasteiger partial charge in [-0.3, -0.25) is 0 Å². The second-order valence-corrected chi connectivity index (χ2v) is 4.50. The Morgan fingerprint density at radius 2 is 1.94 bits per heavy atom. The maximum absolute atomic E-state index is 5.39. The summed E-state index contributed by atoms with van der Waals surface area (Å²) in [4.78, 5) is 0. The molecule has 0 aromatic heterocycles. The molecule has 0 spiro atoms. The minimum atomic E-state index is 0.388. The Hall–Kier alpha value is -1.02. The van der Waals surface area contributed by atoms with Crippen LogP contribution in [0.1, 0.15) is 38.8 Å². The number of hydrogen-bond donors (Lipinski definition) is 1. The van der Waals surface area contributed by atoms with Gasteiger partial charge in [0.2, 0.25) is 0 Å². The molecule has 1 N–H and O–H groups in total. The summed E-state index contributed by atoms with van der Waals surface area (Å²) in [5.41, 5.74) is 1.26. The van der Waals surface area contributed by atoms with Crippen LogP contribution in [0, 0.1) is 5.92 Å². The number of benzene rings is 1. The minimum Gasteiger partial charge on any atom is -0.496 e. The Morgan fingerprint density at radius 3 is 2.50 bits per heavy atom. The number of ether oxygens (including phenoxy) is 1. The number of rotatable bonds is 6. The van der Waals surface area contributed by atoms with Gasteiger partial charge in [-0.15, -0.1) is 0 Å². The van der Waals surface area contributed by atoms with Gasteiger partial charge in [-0.25, -0.2) is 0 Å². The first-order valence-corrected chi connectivity index (χ1v) is 6.05. The van der Waals surface area contributed by atoms with Crippen molar-refractivity contribution >= 4 is 0 Å². The number of nitrogens with one attached hydrogen (secondary N) is 1. The van der Waals surface area contributed by atoms with Crippen LogP contribution in [-0.4, -0.2) is 13.7 Å². The van der Waals surface area contributed by atoms with Gasteiger partial charge in [0.25, 0.3) is 0 Å². The summed E-state index contributed by atoms with van der Waals surface area (Å²) in [6.07, 6.45) is 1.08. The fourth-order valence-corrected chi connectivity index (χ4v) is 1.81. The summed E-state index contributed by atoms with van der Waals surface area (Å²) in [6, 6.07) is 8.63.